The summed E-state index contributed by atoms with van der Waals surface area (Å²) in [4.78, 5) is 38.8. The number of alkyl carbamates (subject to hydrolysis) is 1. The Bertz CT molecular complexity index is 1290. The van der Waals surface area contributed by atoms with E-state index in [9.17, 15) is 14.4 Å². The van der Waals surface area contributed by atoms with E-state index in [0.29, 0.717) is 24.6 Å². The van der Waals surface area contributed by atoms with Crippen LogP contribution in [0.5, 0.6) is 0 Å². The molecule has 4 rings (SSSR count). The molecule has 0 spiro atoms. The Balaban J connectivity index is 1.35. The molecule has 1 saturated carbocycles. The fourth-order valence-corrected chi connectivity index (χ4v) is 5.33. The second-order valence-electron chi connectivity index (χ2n) is 11.5. The molecule has 3 N–H and O–H groups in total. The summed E-state index contributed by atoms with van der Waals surface area (Å²) in [5, 5.41) is 13.8. The van der Waals surface area contributed by atoms with E-state index in [-0.39, 0.29) is 24.0 Å². The fraction of sp³-hybridized carbons (Fsp3) is 0.467. The van der Waals surface area contributed by atoms with Crippen LogP contribution in [0.15, 0.2) is 53.1 Å². The number of fused-ring (bicyclic) bond motifs is 1. The molecule has 9 heteroatoms. The van der Waals surface area contributed by atoms with E-state index in [1.165, 1.54) is 0 Å². The van der Waals surface area contributed by atoms with Gasteiger partial charge in [-0.1, -0.05) is 28.1 Å². The van der Waals surface area contributed by atoms with Crippen molar-refractivity contribution in [2.75, 3.05) is 11.9 Å². The van der Waals surface area contributed by atoms with Crippen molar-refractivity contribution in [2.24, 2.45) is 17.8 Å². The van der Waals surface area contributed by atoms with Gasteiger partial charge in [0.15, 0.2) is 0 Å². The normalized spacial score (nSPS) is 18.4. The largest absolute Gasteiger partial charge is 0.444 e. The van der Waals surface area contributed by atoms with Crippen LogP contribution < -0.4 is 10.6 Å². The molecule has 1 atom stereocenters. The number of ether oxygens (including phenoxy) is 1. The maximum Gasteiger partial charge on any atom is 0.407 e. The molecule has 208 valence electrons. The first-order chi connectivity index (χ1) is 18.6. The van der Waals surface area contributed by atoms with Gasteiger partial charge < -0.3 is 15.4 Å². The second kappa shape index (κ2) is 12.8. The predicted octanol–water partition coefficient (Wildman–Crippen LogP) is 6.41. The van der Waals surface area contributed by atoms with Crippen molar-refractivity contribution in [1.29, 1.82) is 0 Å². The van der Waals surface area contributed by atoms with Crippen LogP contribution in [-0.2, 0) is 20.7 Å². The minimum absolute atomic E-state index is 0.0654. The first-order valence-electron chi connectivity index (χ1n) is 13.5. The molecular formula is C30H37BrN4O4. The minimum atomic E-state index is -0.529. The topological polar surface area (TPSA) is 113 Å². The third kappa shape index (κ3) is 8.65. The van der Waals surface area contributed by atoms with Crippen molar-refractivity contribution in [3.05, 3.63) is 58.7 Å². The van der Waals surface area contributed by atoms with Gasteiger partial charge in [0, 0.05) is 40.3 Å². The molecule has 0 aliphatic heterocycles. The molecule has 1 aromatic heterocycles. The summed E-state index contributed by atoms with van der Waals surface area (Å²) in [7, 11) is 0. The Morgan fingerprint density at radius 2 is 1.79 bits per heavy atom. The third-order valence-corrected chi connectivity index (χ3v) is 7.69. The lowest BCUT2D eigenvalue weighted by Gasteiger charge is -2.29. The van der Waals surface area contributed by atoms with Crippen LogP contribution >= 0.6 is 15.9 Å². The number of carbonyl (C=O) groups excluding carboxylic acids is 3. The number of carbonyl (C=O) groups is 3. The number of Topliss-reactive ketones (excluding diaryl/α,β-unsaturated/α-hetero) is 1. The number of hydrogen-bond acceptors (Lipinski definition) is 5. The zero-order valence-electron chi connectivity index (χ0n) is 22.8. The summed E-state index contributed by atoms with van der Waals surface area (Å²) in [5.74, 6) is -0.261. The van der Waals surface area contributed by atoms with Gasteiger partial charge in [0.1, 0.15) is 11.4 Å². The number of aromatic amines is 1. The van der Waals surface area contributed by atoms with Crippen LogP contribution in [0.1, 0.15) is 58.4 Å². The van der Waals surface area contributed by atoms with Crippen LogP contribution in [0.4, 0.5) is 10.5 Å². The molecule has 1 fully saturated rings. The maximum atomic E-state index is 13.4. The van der Waals surface area contributed by atoms with Gasteiger partial charge in [0.05, 0.1) is 11.7 Å². The van der Waals surface area contributed by atoms with Crippen LogP contribution in [0.3, 0.4) is 0 Å². The van der Waals surface area contributed by atoms with Gasteiger partial charge in [-0.25, -0.2) is 4.79 Å². The van der Waals surface area contributed by atoms with Gasteiger partial charge in [0.2, 0.25) is 5.91 Å². The van der Waals surface area contributed by atoms with E-state index in [4.69, 9.17) is 4.74 Å². The molecule has 2 amide bonds. The Kier molecular flexibility index (Phi) is 9.43. The van der Waals surface area contributed by atoms with E-state index in [2.05, 4.69) is 36.8 Å². The Morgan fingerprint density at radius 1 is 1.08 bits per heavy atom. The smallest absolute Gasteiger partial charge is 0.407 e. The highest BCUT2D eigenvalue weighted by Crippen LogP contribution is 2.31. The zero-order chi connectivity index (χ0) is 28.0. The molecule has 0 unspecified atom stereocenters. The van der Waals surface area contributed by atoms with E-state index in [1.54, 1.807) is 6.20 Å². The molecule has 8 nitrogen and oxygen atoms in total. The second-order valence-corrected chi connectivity index (χ2v) is 12.4. The zero-order valence-corrected chi connectivity index (χ0v) is 24.3. The summed E-state index contributed by atoms with van der Waals surface area (Å²) < 4.78 is 6.29. The summed E-state index contributed by atoms with van der Waals surface area (Å²) in [5.41, 5.74) is 1.99. The van der Waals surface area contributed by atoms with Crippen molar-refractivity contribution in [1.82, 2.24) is 15.5 Å². The number of hydrogen-bond donors (Lipinski definition) is 3. The van der Waals surface area contributed by atoms with Crippen molar-refractivity contribution in [3.63, 3.8) is 0 Å². The number of ketones is 1. The molecule has 1 aliphatic rings. The monoisotopic (exact) mass is 596 g/mol. The van der Waals surface area contributed by atoms with Gasteiger partial charge in [-0.05, 0) is 94.7 Å². The van der Waals surface area contributed by atoms with Gasteiger partial charge in [-0.15, -0.1) is 0 Å². The van der Waals surface area contributed by atoms with Crippen LogP contribution in [-0.4, -0.2) is 40.1 Å². The van der Waals surface area contributed by atoms with Gasteiger partial charge >= 0.3 is 6.09 Å². The number of nitrogens with zero attached hydrogens (tertiary/aromatic N) is 1. The van der Waals surface area contributed by atoms with Gasteiger partial charge in [-0.3, -0.25) is 14.7 Å². The quantitative estimate of drug-likeness (QED) is 0.264. The Hall–Kier alpha value is -3.20. The third-order valence-electron chi connectivity index (χ3n) is 7.16. The molecule has 0 saturated heterocycles. The number of nitrogens with one attached hydrogen (secondary N) is 3. The molecule has 1 aliphatic carbocycles. The molecular weight excluding hydrogens is 560 g/mol. The molecule has 39 heavy (non-hydrogen) atoms. The molecule has 0 bridgehead atoms. The average Bonchev–Trinajstić information content (AvgIpc) is 3.35. The van der Waals surface area contributed by atoms with E-state index in [0.717, 1.165) is 46.6 Å². The Labute approximate surface area is 237 Å². The number of amides is 2. The maximum absolute atomic E-state index is 13.4. The van der Waals surface area contributed by atoms with Crippen molar-refractivity contribution in [2.45, 2.75) is 64.9 Å². The summed E-state index contributed by atoms with van der Waals surface area (Å²) in [6.45, 7) is 6.06. The molecule has 1 heterocycles. The number of anilines is 1. The van der Waals surface area contributed by atoms with Crippen LogP contribution in [0, 0.1) is 17.8 Å². The van der Waals surface area contributed by atoms with Crippen molar-refractivity contribution in [3.8, 4) is 0 Å². The van der Waals surface area contributed by atoms with Gasteiger partial charge in [0.25, 0.3) is 0 Å². The molecule has 3 aromatic rings. The number of rotatable bonds is 9. The Morgan fingerprint density at radius 3 is 2.49 bits per heavy atom. The lowest BCUT2D eigenvalue weighted by Crippen LogP contribution is -2.37. The number of benzene rings is 2. The minimum Gasteiger partial charge on any atom is -0.444 e. The average molecular weight is 598 g/mol. The lowest BCUT2D eigenvalue weighted by molar-refractivity contribution is -0.129. The van der Waals surface area contributed by atoms with Gasteiger partial charge in [-0.2, -0.15) is 5.10 Å². The fourth-order valence-electron chi connectivity index (χ4n) is 5.06. The highest BCUT2D eigenvalue weighted by Gasteiger charge is 2.30. The number of aromatic nitrogens is 2. The summed E-state index contributed by atoms with van der Waals surface area (Å²) >= 11 is 3.46. The van der Waals surface area contributed by atoms with Crippen LogP contribution in [0.2, 0.25) is 0 Å². The summed E-state index contributed by atoms with van der Waals surface area (Å²) in [6.07, 6.45) is 5.25. The number of halogens is 1. The lowest BCUT2D eigenvalue weighted by atomic mass is 9.77. The van der Waals surface area contributed by atoms with E-state index >= 15 is 0 Å². The first kappa shape index (κ1) is 28.8. The highest BCUT2D eigenvalue weighted by atomic mass is 79.9. The number of H-pyrrole nitrogens is 1. The van der Waals surface area contributed by atoms with Crippen LogP contribution in [0.25, 0.3) is 10.9 Å². The predicted molar refractivity (Wildman–Crippen MR) is 155 cm³/mol. The first-order valence-corrected chi connectivity index (χ1v) is 14.3. The highest BCUT2D eigenvalue weighted by molar-refractivity contribution is 9.10. The standard InChI is InChI=1S/C30H37BrN4O4/c1-30(2,3)39-29(38)32-17-20-4-8-21(9-5-20)27(36)15-23(14-19-6-11-24(31)12-7-19)28(37)34-25-13-10-22-18-33-35-26(22)16-25/h6-7,10-13,16,18,20-21,23H,4-5,8-9,14-15,17H2,1-3H3,(H,32,38)(H,33,35)(H,34,37)/t20?,21?,23-/m1/s1. The van der Waals surface area contributed by atoms with Crippen molar-refractivity contribution >= 4 is 50.3 Å². The summed E-state index contributed by atoms with van der Waals surface area (Å²) in [6, 6.07) is 13.5. The van der Waals surface area contributed by atoms with E-state index in [1.807, 2.05) is 63.2 Å². The molecule has 2 aromatic carbocycles. The molecule has 0 radical (unpaired) electrons. The SMILES string of the molecule is CC(C)(C)OC(=O)NCC1CCC(C(=O)C[C@@H](Cc2ccc(Br)cc2)C(=O)Nc2ccc3cn[nH]c3c2)CC1. The van der Waals surface area contributed by atoms with Crippen molar-refractivity contribution < 1.29 is 19.1 Å². The van der Waals surface area contributed by atoms with E-state index < -0.39 is 17.6 Å².